The summed E-state index contributed by atoms with van der Waals surface area (Å²) in [6.07, 6.45) is 1.75. The van der Waals surface area contributed by atoms with E-state index in [-0.39, 0.29) is 24.1 Å². The maximum absolute atomic E-state index is 11.8. The number of carbonyl (C=O) groups excluding carboxylic acids is 1. The molecule has 0 spiro atoms. The second-order valence-corrected chi connectivity index (χ2v) is 5.41. The van der Waals surface area contributed by atoms with E-state index >= 15 is 0 Å². The number of rotatable bonds is 5. The van der Waals surface area contributed by atoms with Crippen molar-refractivity contribution in [2.75, 3.05) is 11.5 Å². The first-order valence-electron chi connectivity index (χ1n) is 5.39. The molecule has 1 heterocycles. The van der Waals surface area contributed by atoms with Crippen LogP contribution in [0.25, 0.3) is 0 Å². The highest BCUT2D eigenvalue weighted by molar-refractivity contribution is 7.85. The first kappa shape index (κ1) is 13.6. The number of nitrogens with two attached hydrogens (primary N) is 1. The minimum atomic E-state index is -1.33. The van der Waals surface area contributed by atoms with Crippen molar-refractivity contribution < 1.29 is 9.00 Å². The Hall–Kier alpha value is -1.43. The van der Waals surface area contributed by atoms with Gasteiger partial charge in [-0.3, -0.25) is 9.00 Å². The molecule has 0 aliphatic heterocycles. The summed E-state index contributed by atoms with van der Waals surface area (Å²) in [4.78, 5) is 15.3. The Morgan fingerprint density at radius 3 is 2.88 bits per heavy atom. The topological polar surface area (TPSA) is 85.1 Å². The normalized spacial score (nSPS) is 12.4. The van der Waals surface area contributed by atoms with Crippen LogP contribution in [-0.2, 0) is 15.6 Å². The summed E-state index contributed by atoms with van der Waals surface area (Å²) in [5.74, 6) is 0.127. The van der Waals surface area contributed by atoms with Gasteiger partial charge in [-0.1, -0.05) is 0 Å². The van der Waals surface area contributed by atoms with Crippen molar-refractivity contribution in [2.24, 2.45) is 0 Å². The van der Waals surface area contributed by atoms with Gasteiger partial charge in [0.05, 0.1) is 16.5 Å². The Kier molecular flexibility index (Phi) is 5.09. The molecule has 0 aliphatic rings. The summed E-state index contributed by atoms with van der Waals surface area (Å²) in [6, 6.07) is 3.42. The molecular formula is C11H17N3O2S. The maximum atomic E-state index is 11.8. The number of nitrogens with zero attached hydrogens (tertiary/aromatic N) is 1. The fourth-order valence-corrected chi connectivity index (χ4v) is 2.34. The second kappa shape index (κ2) is 6.34. The monoisotopic (exact) mass is 255 g/mol. The minimum Gasteiger partial charge on any atom is -0.396 e. The molecule has 0 radical (unpaired) electrons. The van der Waals surface area contributed by atoms with Gasteiger partial charge in [0, 0.05) is 24.4 Å². The lowest BCUT2D eigenvalue weighted by molar-refractivity contribution is -0.121. The summed E-state index contributed by atoms with van der Waals surface area (Å²) in [7, 11) is -1.33. The molecule has 3 N–H and O–H groups in total. The Morgan fingerprint density at radius 1 is 1.59 bits per heavy atom. The SMILES string of the molecule is CC(C)NC(=O)CCS(=O)c1ncccc1N. The predicted octanol–water partition coefficient (Wildman–Crippen LogP) is 0.686. The second-order valence-electron chi connectivity index (χ2n) is 3.92. The lowest BCUT2D eigenvalue weighted by Gasteiger charge is -2.08. The van der Waals surface area contributed by atoms with Gasteiger partial charge in [0.25, 0.3) is 0 Å². The van der Waals surface area contributed by atoms with Gasteiger partial charge in [-0.25, -0.2) is 4.98 Å². The highest BCUT2D eigenvalue weighted by Gasteiger charge is 2.11. The van der Waals surface area contributed by atoms with E-state index in [0.29, 0.717) is 10.7 Å². The maximum Gasteiger partial charge on any atom is 0.221 e. The van der Waals surface area contributed by atoms with Crippen LogP contribution in [0.4, 0.5) is 5.69 Å². The van der Waals surface area contributed by atoms with Gasteiger partial charge < -0.3 is 11.1 Å². The molecule has 0 bridgehead atoms. The van der Waals surface area contributed by atoms with E-state index in [2.05, 4.69) is 10.3 Å². The molecule has 0 aliphatic carbocycles. The smallest absolute Gasteiger partial charge is 0.221 e. The fourth-order valence-electron chi connectivity index (χ4n) is 1.27. The van der Waals surface area contributed by atoms with E-state index in [4.69, 9.17) is 5.73 Å². The van der Waals surface area contributed by atoms with Crippen LogP contribution in [-0.4, -0.2) is 26.9 Å². The molecular weight excluding hydrogens is 238 g/mol. The highest BCUT2D eigenvalue weighted by Crippen LogP contribution is 2.12. The van der Waals surface area contributed by atoms with E-state index in [0.717, 1.165) is 0 Å². The largest absolute Gasteiger partial charge is 0.396 e. The number of hydrogen-bond donors (Lipinski definition) is 2. The highest BCUT2D eigenvalue weighted by atomic mass is 32.2. The third kappa shape index (κ3) is 4.52. The average molecular weight is 255 g/mol. The van der Waals surface area contributed by atoms with Crippen molar-refractivity contribution in [1.29, 1.82) is 0 Å². The molecule has 1 unspecified atom stereocenters. The zero-order valence-corrected chi connectivity index (χ0v) is 10.8. The van der Waals surface area contributed by atoms with Crippen LogP contribution in [0.1, 0.15) is 20.3 Å². The number of hydrogen-bond acceptors (Lipinski definition) is 4. The summed E-state index contributed by atoms with van der Waals surface area (Å²) >= 11 is 0. The van der Waals surface area contributed by atoms with Gasteiger partial charge in [0.15, 0.2) is 0 Å². The van der Waals surface area contributed by atoms with Crippen LogP contribution in [0.2, 0.25) is 0 Å². The van der Waals surface area contributed by atoms with Crippen LogP contribution in [0, 0.1) is 0 Å². The zero-order chi connectivity index (χ0) is 12.8. The molecule has 1 amide bonds. The predicted molar refractivity (Wildman–Crippen MR) is 67.8 cm³/mol. The van der Waals surface area contributed by atoms with Gasteiger partial charge in [0.1, 0.15) is 5.03 Å². The zero-order valence-electron chi connectivity index (χ0n) is 9.97. The number of aromatic nitrogens is 1. The quantitative estimate of drug-likeness (QED) is 0.810. The molecule has 0 aromatic carbocycles. The Labute approximate surface area is 103 Å². The minimum absolute atomic E-state index is 0.0934. The fraction of sp³-hybridized carbons (Fsp3) is 0.455. The van der Waals surface area contributed by atoms with Crippen LogP contribution in [0.15, 0.2) is 23.4 Å². The molecule has 6 heteroatoms. The van der Waals surface area contributed by atoms with Crippen LogP contribution >= 0.6 is 0 Å². The summed E-state index contributed by atoms with van der Waals surface area (Å²) < 4.78 is 11.8. The Morgan fingerprint density at radius 2 is 2.29 bits per heavy atom. The van der Waals surface area contributed by atoms with E-state index in [9.17, 15) is 9.00 Å². The van der Waals surface area contributed by atoms with E-state index < -0.39 is 10.8 Å². The third-order valence-corrected chi connectivity index (χ3v) is 3.33. The van der Waals surface area contributed by atoms with E-state index in [1.165, 1.54) is 6.20 Å². The Bertz CT molecular complexity index is 421. The average Bonchev–Trinajstić information content (AvgIpc) is 2.25. The number of nitrogen functional groups attached to an aromatic ring is 1. The van der Waals surface area contributed by atoms with Crippen molar-refractivity contribution in [2.45, 2.75) is 31.3 Å². The van der Waals surface area contributed by atoms with Crippen molar-refractivity contribution in [3.8, 4) is 0 Å². The molecule has 94 valence electrons. The molecule has 17 heavy (non-hydrogen) atoms. The van der Waals surface area contributed by atoms with Gasteiger partial charge in [-0.05, 0) is 26.0 Å². The Balaban J connectivity index is 2.51. The standard InChI is InChI=1S/C11H17N3O2S/c1-8(2)14-10(15)5-7-17(16)11-9(12)4-3-6-13-11/h3-4,6,8H,5,7,12H2,1-2H3,(H,14,15). The van der Waals surface area contributed by atoms with Crippen molar-refractivity contribution in [3.63, 3.8) is 0 Å². The number of carbonyl (C=O) groups is 1. The van der Waals surface area contributed by atoms with Crippen molar-refractivity contribution in [3.05, 3.63) is 18.3 Å². The molecule has 1 rings (SSSR count). The van der Waals surface area contributed by atoms with E-state index in [1.54, 1.807) is 12.1 Å². The molecule has 5 nitrogen and oxygen atoms in total. The lowest BCUT2D eigenvalue weighted by Crippen LogP contribution is -2.31. The molecule has 0 fully saturated rings. The third-order valence-electron chi connectivity index (χ3n) is 1.98. The number of amides is 1. The summed E-state index contributed by atoms with van der Waals surface area (Å²) in [5.41, 5.74) is 6.05. The van der Waals surface area contributed by atoms with E-state index in [1.807, 2.05) is 13.8 Å². The molecule has 0 saturated heterocycles. The van der Waals surface area contributed by atoms with Gasteiger partial charge in [-0.15, -0.1) is 0 Å². The van der Waals surface area contributed by atoms with Gasteiger partial charge >= 0.3 is 0 Å². The first-order chi connectivity index (χ1) is 8.00. The first-order valence-corrected chi connectivity index (χ1v) is 6.71. The van der Waals surface area contributed by atoms with Crippen LogP contribution < -0.4 is 11.1 Å². The lowest BCUT2D eigenvalue weighted by atomic mass is 10.3. The van der Waals surface area contributed by atoms with Gasteiger partial charge in [0.2, 0.25) is 5.91 Å². The number of nitrogens with one attached hydrogen (secondary N) is 1. The summed E-state index contributed by atoms with van der Waals surface area (Å²) in [5, 5.41) is 3.09. The number of pyridine rings is 1. The molecule has 1 aromatic heterocycles. The molecule has 1 atom stereocenters. The molecule has 1 aromatic rings. The molecule has 0 saturated carbocycles. The van der Waals surface area contributed by atoms with Crippen LogP contribution in [0.5, 0.6) is 0 Å². The van der Waals surface area contributed by atoms with Crippen molar-refractivity contribution >= 4 is 22.4 Å². The number of anilines is 1. The summed E-state index contributed by atoms with van der Waals surface area (Å²) in [6.45, 7) is 3.76. The van der Waals surface area contributed by atoms with Crippen molar-refractivity contribution in [1.82, 2.24) is 10.3 Å². The van der Waals surface area contributed by atoms with Crippen LogP contribution in [0.3, 0.4) is 0 Å². The van der Waals surface area contributed by atoms with Gasteiger partial charge in [-0.2, -0.15) is 0 Å².